The van der Waals surface area contributed by atoms with Crippen molar-refractivity contribution in [2.75, 3.05) is 19.0 Å². The molecule has 0 radical (unpaired) electrons. The highest BCUT2D eigenvalue weighted by molar-refractivity contribution is 5.88. The largest absolute Gasteiger partial charge is 0.495 e. The molecule has 0 spiro atoms. The smallest absolute Gasteiger partial charge is 0.135 e. The Morgan fingerprint density at radius 2 is 1.71 bits per heavy atom. The van der Waals surface area contributed by atoms with Gasteiger partial charge in [0.25, 0.3) is 0 Å². The quantitative estimate of drug-likeness (QED) is 0.333. The second-order valence-electron chi connectivity index (χ2n) is 9.93. The average molecular weight is 471 g/mol. The van der Waals surface area contributed by atoms with Crippen LogP contribution in [-0.2, 0) is 15.7 Å². The minimum absolute atomic E-state index is 0.139. The normalized spacial score (nSPS) is 13.6. The third-order valence-corrected chi connectivity index (χ3v) is 7.49. The molecular weight excluding hydrogens is 428 g/mol. The summed E-state index contributed by atoms with van der Waals surface area (Å²) in [6.45, 7) is 18.3. The molecule has 0 atom stereocenters. The van der Waals surface area contributed by atoms with Crippen molar-refractivity contribution < 1.29 is 4.74 Å². The summed E-state index contributed by atoms with van der Waals surface area (Å²) < 4.78 is 8.03. The van der Waals surface area contributed by atoms with Gasteiger partial charge in [-0.2, -0.15) is 0 Å². The van der Waals surface area contributed by atoms with Crippen molar-refractivity contribution in [2.24, 2.45) is 0 Å². The van der Waals surface area contributed by atoms with Gasteiger partial charge < -0.3 is 14.6 Å². The number of hydrogen-bond acceptors (Lipinski definition) is 2. The Morgan fingerprint density at radius 3 is 2.34 bits per heavy atom. The predicted molar refractivity (Wildman–Crippen MR) is 153 cm³/mol. The minimum atomic E-state index is -0.250. The van der Waals surface area contributed by atoms with E-state index in [1.807, 2.05) is 13.8 Å². The molecule has 0 saturated carbocycles. The lowest BCUT2D eigenvalue weighted by atomic mass is 9.69. The predicted octanol–water partition coefficient (Wildman–Crippen LogP) is 8.69. The Balaban J connectivity index is 0.00000167. The van der Waals surface area contributed by atoms with Gasteiger partial charge in [0.15, 0.2) is 0 Å². The number of fused-ring (bicyclic) bond motifs is 1. The summed E-state index contributed by atoms with van der Waals surface area (Å²) in [5.41, 5.74) is 5.57. The van der Waals surface area contributed by atoms with Crippen LogP contribution in [0.4, 0.5) is 5.69 Å². The number of nitrogens with one attached hydrogen (secondary N) is 1. The fourth-order valence-corrected chi connectivity index (χ4v) is 4.73. The minimum Gasteiger partial charge on any atom is -0.495 e. The molecule has 3 nitrogen and oxygen atoms in total. The molecule has 1 aliphatic carbocycles. The van der Waals surface area contributed by atoms with Crippen LogP contribution in [0.3, 0.4) is 0 Å². The first-order valence-corrected chi connectivity index (χ1v) is 12.8. The van der Waals surface area contributed by atoms with Gasteiger partial charge in [-0.15, -0.1) is 0 Å². The van der Waals surface area contributed by atoms with Gasteiger partial charge in [0.05, 0.1) is 12.8 Å². The van der Waals surface area contributed by atoms with Crippen LogP contribution in [0.25, 0.3) is 16.7 Å². The summed E-state index contributed by atoms with van der Waals surface area (Å²) in [5, 5.41) is 4.77. The van der Waals surface area contributed by atoms with Gasteiger partial charge in [-0.1, -0.05) is 82.8 Å². The molecule has 0 bridgehead atoms. The number of benzene rings is 2. The van der Waals surface area contributed by atoms with Crippen molar-refractivity contribution in [2.45, 2.75) is 65.3 Å². The number of hydrogen-bond donors (Lipinski definition) is 1. The lowest BCUT2D eigenvalue weighted by Crippen LogP contribution is -2.45. The summed E-state index contributed by atoms with van der Waals surface area (Å²) in [6, 6.07) is 19.6. The van der Waals surface area contributed by atoms with Crippen LogP contribution in [0.1, 0.15) is 65.6 Å². The summed E-state index contributed by atoms with van der Waals surface area (Å²) in [7, 11) is 1.69. The summed E-state index contributed by atoms with van der Waals surface area (Å²) in [6.07, 6.45) is 9.06. The number of rotatable bonds is 8. The molecule has 35 heavy (non-hydrogen) atoms. The van der Waals surface area contributed by atoms with Crippen molar-refractivity contribution in [1.29, 1.82) is 0 Å². The van der Waals surface area contributed by atoms with Crippen molar-refractivity contribution in [3.8, 4) is 0 Å². The SMILES string of the molecule is C=C(OC)c1cc2cc(NCC3=CCCC=C3)ccc2n1C(C)(C)C(C)(C)c1ccccc1.CC. The van der Waals surface area contributed by atoms with E-state index >= 15 is 0 Å². The van der Waals surface area contributed by atoms with E-state index in [1.165, 1.54) is 22.0 Å². The summed E-state index contributed by atoms with van der Waals surface area (Å²) >= 11 is 0. The Hall–Kier alpha value is -3.20. The van der Waals surface area contributed by atoms with E-state index in [9.17, 15) is 0 Å². The average Bonchev–Trinajstić information content (AvgIpc) is 3.29. The molecular formula is C32H42N2O. The molecule has 0 amide bonds. The van der Waals surface area contributed by atoms with E-state index in [2.05, 4.69) is 117 Å². The Morgan fingerprint density at radius 1 is 1.00 bits per heavy atom. The molecule has 1 N–H and O–H groups in total. The number of aromatic nitrogens is 1. The van der Waals surface area contributed by atoms with E-state index in [0.29, 0.717) is 5.76 Å². The van der Waals surface area contributed by atoms with Crippen molar-refractivity contribution in [3.05, 3.63) is 96.2 Å². The Bertz CT molecular complexity index is 1210. The number of methoxy groups -OCH3 is 1. The first-order chi connectivity index (χ1) is 16.8. The molecule has 3 heteroatoms. The highest BCUT2D eigenvalue weighted by Gasteiger charge is 2.42. The van der Waals surface area contributed by atoms with Crippen LogP contribution < -0.4 is 5.32 Å². The van der Waals surface area contributed by atoms with Crippen LogP contribution >= 0.6 is 0 Å². The van der Waals surface area contributed by atoms with Gasteiger partial charge in [0.1, 0.15) is 5.76 Å². The third kappa shape index (κ3) is 5.24. The van der Waals surface area contributed by atoms with Gasteiger partial charge in [-0.3, -0.25) is 0 Å². The van der Waals surface area contributed by atoms with Crippen molar-refractivity contribution >= 4 is 22.3 Å². The molecule has 4 rings (SSSR count). The van der Waals surface area contributed by atoms with Gasteiger partial charge in [-0.25, -0.2) is 0 Å². The Labute approximate surface area is 212 Å². The molecule has 2 aromatic carbocycles. The molecule has 0 unspecified atom stereocenters. The Kier molecular flexibility index (Phi) is 8.32. The fraction of sp³-hybridized carbons (Fsp3) is 0.375. The lowest BCUT2D eigenvalue weighted by Gasteiger charge is -2.45. The van der Waals surface area contributed by atoms with E-state index < -0.39 is 0 Å². The summed E-state index contributed by atoms with van der Waals surface area (Å²) in [5.74, 6) is 0.676. The fourth-order valence-electron chi connectivity index (χ4n) is 4.73. The van der Waals surface area contributed by atoms with E-state index in [4.69, 9.17) is 4.74 Å². The highest BCUT2D eigenvalue weighted by Crippen LogP contribution is 2.44. The number of anilines is 1. The zero-order valence-corrected chi connectivity index (χ0v) is 22.6. The van der Waals surface area contributed by atoms with E-state index in [1.54, 1.807) is 7.11 Å². The molecule has 186 valence electrons. The van der Waals surface area contributed by atoms with Crippen molar-refractivity contribution in [1.82, 2.24) is 4.57 Å². The van der Waals surface area contributed by atoms with Gasteiger partial charge in [0.2, 0.25) is 0 Å². The monoisotopic (exact) mass is 470 g/mol. The molecule has 1 aliphatic rings. The standard InChI is InChI=1S/C30H36N2O.C2H6/c1-22(33-6)28-20-24-19-26(31-21-23-13-9-7-10-14-23)17-18-27(24)32(28)30(4,5)29(2,3)25-15-11-8-12-16-25;1-2/h8-9,11-20,31H,1,7,10,21H2,2-6H3;1-2H3. The molecule has 0 aliphatic heterocycles. The van der Waals surface area contributed by atoms with Crippen LogP contribution in [0, 0.1) is 0 Å². The van der Waals surface area contributed by atoms with Crippen LogP contribution in [0.15, 0.2) is 85.0 Å². The van der Waals surface area contributed by atoms with Crippen LogP contribution in [0.2, 0.25) is 0 Å². The lowest BCUT2D eigenvalue weighted by molar-refractivity contribution is 0.203. The number of nitrogens with zero attached hydrogens (tertiary/aromatic N) is 1. The molecule has 0 saturated heterocycles. The maximum absolute atomic E-state index is 5.63. The third-order valence-electron chi connectivity index (χ3n) is 7.49. The van der Waals surface area contributed by atoms with Crippen LogP contribution in [0.5, 0.6) is 0 Å². The molecule has 0 fully saturated rings. The van der Waals surface area contributed by atoms with E-state index in [0.717, 1.165) is 30.8 Å². The highest BCUT2D eigenvalue weighted by atomic mass is 16.5. The van der Waals surface area contributed by atoms with Gasteiger partial charge in [-0.05, 0) is 62.1 Å². The molecule has 3 aromatic rings. The maximum atomic E-state index is 5.63. The zero-order chi connectivity index (χ0) is 25.6. The zero-order valence-electron chi connectivity index (χ0n) is 22.6. The van der Waals surface area contributed by atoms with Crippen molar-refractivity contribution in [3.63, 3.8) is 0 Å². The first kappa shape index (κ1) is 26.4. The molecule has 1 heterocycles. The van der Waals surface area contributed by atoms with E-state index in [-0.39, 0.29) is 11.0 Å². The second-order valence-corrected chi connectivity index (χ2v) is 9.93. The number of allylic oxidation sites excluding steroid dienone is 2. The van der Waals surface area contributed by atoms with Gasteiger partial charge in [0, 0.05) is 34.1 Å². The first-order valence-electron chi connectivity index (χ1n) is 12.8. The summed E-state index contributed by atoms with van der Waals surface area (Å²) in [4.78, 5) is 0. The van der Waals surface area contributed by atoms with Crippen LogP contribution in [-0.4, -0.2) is 18.2 Å². The topological polar surface area (TPSA) is 26.2 Å². The number of ether oxygens (including phenoxy) is 1. The van der Waals surface area contributed by atoms with Gasteiger partial charge >= 0.3 is 0 Å². The maximum Gasteiger partial charge on any atom is 0.135 e. The second kappa shape index (κ2) is 11.0. The molecule has 1 aromatic heterocycles.